The van der Waals surface area contributed by atoms with E-state index in [0.29, 0.717) is 30.4 Å². The predicted molar refractivity (Wildman–Crippen MR) is 158 cm³/mol. The van der Waals surface area contributed by atoms with Crippen LogP contribution < -0.4 is 10.0 Å². The van der Waals surface area contributed by atoms with Crippen molar-refractivity contribution in [2.24, 2.45) is 5.14 Å². The first-order valence-electron chi connectivity index (χ1n) is 11.4. The summed E-state index contributed by atoms with van der Waals surface area (Å²) in [6.07, 6.45) is 3.46. The Bertz CT molecular complexity index is 1520. The van der Waals surface area contributed by atoms with Crippen LogP contribution in [-0.2, 0) is 29.7 Å². The maximum Gasteiger partial charge on any atom is 0.238 e. The van der Waals surface area contributed by atoms with Crippen LogP contribution in [0.25, 0.3) is 0 Å². The summed E-state index contributed by atoms with van der Waals surface area (Å²) in [5.41, 5.74) is 3.53. The third-order valence-electron chi connectivity index (χ3n) is 5.72. The first kappa shape index (κ1) is 28.3. The fourth-order valence-corrected chi connectivity index (χ4v) is 5.39. The number of nitrogens with zero attached hydrogens (tertiary/aromatic N) is 3. The van der Waals surface area contributed by atoms with Crippen LogP contribution >= 0.6 is 44.1 Å². The lowest BCUT2D eigenvalue weighted by atomic mass is 10.1. The molecule has 0 unspecified atom stereocenters. The molecule has 0 saturated heterocycles. The van der Waals surface area contributed by atoms with E-state index < -0.39 is 10.0 Å². The molecule has 3 aromatic carbocycles. The molecule has 4 aromatic rings. The van der Waals surface area contributed by atoms with Crippen LogP contribution in [0.2, 0.25) is 0 Å². The molecule has 11 heteroatoms. The first-order chi connectivity index (χ1) is 18.1. The summed E-state index contributed by atoms with van der Waals surface area (Å²) in [5.74, 6) is -0.334. The number of hydrogen-bond donors (Lipinski definition) is 1. The van der Waals surface area contributed by atoms with E-state index in [1.807, 2.05) is 40.1 Å². The minimum Gasteiger partial charge on any atom is -0.340 e. The highest BCUT2D eigenvalue weighted by molar-refractivity contribution is 9.11. The SMILES string of the molecule is NS(=O)(=O)c1ccc(N(Cc2ccc(F)cc2)C(=S)N(Cc2ccncc2)Cc2cc(Br)ccc2Br)cc1. The monoisotopic (exact) mass is 676 g/mol. The Morgan fingerprint density at radius 2 is 1.50 bits per heavy atom. The van der Waals surface area contributed by atoms with E-state index in [0.717, 1.165) is 25.6 Å². The van der Waals surface area contributed by atoms with Gasteiger partial charge in [0.1, 0.15) is 5.82 Å². The van der Waals surface area contributed by atoms with Crippen LogP contribution in [0, 0.1) is 5.82 Å². The van der Waals surface area contributed by atoms with Gasteiger partial charge < -0.3 is 9.80 Å². The van der Waals surface area contributed by atoms with E-state index >= 15 is 0 Å². The molecule has 0 aliphatic rings. The summed E-state index contributed by atoms with van der Waals surface area (Å²) in [6, 6.07) is 22.2. The van der Waals surface area contributed by atoms with Gasteiger partial charge in [0.15, 0.2) is 5.11 Å². The fraction of sp³-hybridized carbons (Fsp3) is 0.111. The van der Waals surface area contributed by atoms with Crippen molar-refractivity contribution in [3.63, 3.8) is 0 Å². The molecule has 4 rings (SSSR count). The number of thiocarbonyl (C=S) groups is 1. The number of benzene rings is 3. The Kier molecular flexibility index (Phi) is 9.27. The molecule has 0 spiro atoms. The minimum absolute atomic E-state index is 0.000563. The van der Waals surface area contributed by atoms with Crippen LogP contribution in [0.4, 0.5) is 10.1 Å². The predicted octanol–water partition coefficient (Wildman–Crippen LogP) is 6.39. The Hall–Kier alpha value is -2.70. The molecule has 0 fully saturated rings. The van der Waals surface area contributed by atoms with Crippen molar-refractivity contribution in [2.75, 3.05) is 4.90 Å². The summed E-state index contributed by atoms with van der Waals surface area (Å²) in [5, 5.41) is 5.80. The van der Waals surface area contributed by atoms with Gasteiger partial charge in [-0.1, -0.05) is 44.0 Å². The molecule has 38 heavy (non-hydrogen) atoms. The molecule has 0 radical (unpaired) electrons. The first-order valence-corrected chi connectivity index (χ1v) is 14.9. The zero-order valence-corrected chi connectivity index (χ0v) is 24.8. The molecule has 0 aliphatic carbocycles. The van der Waals surface area contributed by atoms with Crippen molar-refractivity contribution in [1.29, 1.82) is 0 Å². The van der Waals surface area contributed by atoms with Crippen molar-refractivity contribution in [2.45, 2.75) is 24.5 Å². The highest BCUT2D eigenvalue weighted by atomic mass is 79.9. The van der Waals surface area contributed by atoms with Crippen LogP contribution in [0.5, 0.6) is 0 Å². The quantitative estimate of drug-likeness (QED) is 0.218. The van der Waals surface area contributed by atoms with Crippen molar-refractivity contribution in [3.8, 4) is 0 Å². The number of hydrogen-bond acceptors (Lipinski definition) is 4. The number of halogens is 3. The van der Waals surface area contributed by atoms with Crippen LogP contribution in [0.3, 0.4) is 0 Å². The van der Waals surface area contributed by atoms with Crippen LogP contribution in [0.15, 0.2) is 105 Å². The van der Waals surface area contributed by atoms with Crippen molar-refractivity contribution < 1.29 is 12.8 Å². The molecule has 0 bridgehead atoms. The van der Waals surface area contributed by atoms with Gasteiger partial charge in [0.25, 0.3) is 0 Å². The number of primary sulfonamides is 1. The molecule has 6 nitrogen and oxygen atoms in total. The summed E-state index contributed by atoms with van der Waals surface area (Å²) in [6.45, 7) is 1.31. The summed E-state index contributed by atoms with van der Waals surface area (Å²) in [4.78, 5) is 8.06. The van der Waals surface area contributed by atoms with Crippen molar-refractivity contribution >= 4 is 64.9 Å². The van der Waals surface area contributed by atoms with E-state index in [2.05, 4.69) is 36.8 Å². The van der Waals surface area contributed by atoms with E-state index in [1.165, 1.54) is 24.3 Å². The molecule has 0 saturated carbocycles. The number of rotatable bonds is 8. The van der Waals surface area contributed by atoms with Gasteiger partial charge in [-0.2, -0.15) is 0 Å². The second-order valence-electron chi connectivity index (χ2n) is 8.48. The molecular formula is C27H23Br2FN4O2S2. The van der Waals surface area contributed by atoms with Gasteiger partial charge in [-0.3, -0.25) is 4.98 Å². The molecular weight excluding hydrogens is 655 g/mol. The topological polar surface area (TPSA) is 79.5 Å². The Balaban J connectivity index is 1.75. The van der Waals surface area contributed by atoms with Gasteiger partial charge in [-0.05, 0) is 95.6 Å². The summed E-state index contributed by atoms with van der Waals surface area (Å²) >= 11 is 13.3. The largest absolute Gasteiger partial charge is 0.340 e. The van der Waals surface area contributed by atoms with Gasteiger partial charge in [-0.25, -0.2) is 17.9 Å². The summed E-state index contributed by atoms with van der Waals surface area (Å²) in [7, 11) is -3.85. The molecule has 0 atom stereocenters. The molecule has 196 valence electrons. The normalized spacial score (nSPS) is 11.3. The lowest BCUT2D eigenvalue weighted by Gasteiger charge is -2.34. The molecule has 1 heterocycles. The molecule has 2 N–H and O–H groups in total. The van der Waals surface area contributed by atoms with Crippen molar-refractivity contribution in [1.82, 2.24) is 9.88 Å². The van der Waals surface area contributed by atoms with Crippen LogP contribution in [-0.4, -0.2) is 23.4 Å². The second-order valence-corrected chi connectivity index (χ2v) is 12.2. The third-order valence-corrected chi connectivity index (χ3v) is 8.40. The van der Waals surface area contributed by atoms with E-state index in [-0.39, 0.29) is 10.7 Å². The van der Waals surface area contributed by atoms with Gasteiger partial charge in [0, 0.05) is 40.1 Å². The average Bonchev–Trinajstić information content (AvgIpc) is 2.90. The lowest BCUT2D eigenvalue weighted by molar-refractivity contribution is 0.404. The number of pyridine rings is 1. The van der Waals surface area contributed by atoms with Crippen molar-refractivity contribution in [3.05, 3.63) is 123 Å². The summed E-state index contributed by atoms with van der Waals surface area (Å²) < 4.78 is 39.1. The average molecular weight is 678 g/mol. The maximum absolute atomic E-state index is 13.6. The highest BCUT2D eigenvalue weighted by Gasteiger charge is 2.22. The maximum atomic E-state index is 13.6. The Labute approximate surface area is 243 Å². The number of sulfonamides is 1. The molecule has 0 aliphatic heterocycles. The van der Waals surface area contributed by atoms with Gasteiger partial charge in [0.2, 0.25) is 10.0 Å². The smallest absolute Gasteiger partial charge is 0.238 e. The lowest BCUT2D eigenvalue weighted by Crippen LogP contribution is -2.42. The zero-order valence-electron chi connectivity index (χ0n) is 20.0. The fourth-order valence-electron chi connectivity index (χ4n) is 3.80. The Morgan fingerprint density at radius 1 is 0.868 bits per heavy atom. The van der Waals surface area contributed by atoms with Crippen LogP contribution in [0.1, 0.15) is 16.7 Å². The van der Waals surface area contributed by atoms with Gasteiger partial charge >= 0.3 is 0 Å². The van der Waals surface area contributed by atoms with Gasteiger partial charge in [-0.15, -0.1) is 0 Å². The van der Waals surface area contributed by atoms with E-state index in [9.17, 15) is 12.8 Å². The minimum atomic E-state index is -3.85. The number of aromatic nitrogens is 1. The highest BCUT2D eigenvalue weighted by Crippen LogP contribution is 2.27. The zero-order chi connectivity index (χ0) is 27.3. The molecule has 0 amide bonds. The number of nitrogens with two attached hydrogens (primary N) is 1. The standard InChI is InChI=1S/C27H23Br2FN4O2S2/c28-22-3-10-26(29)21(15-22)18-33(16-20-11-13-32-14-12-20)27(37)34(17-19-1-4-23(30)5-2-19)24-6-8-25(9-7-24)38(31,35)36/h1-15H,16-18H2,(H2,31,35,36). The third kappa shape index (κ3) is 7.45. The van der Waals surface area contributed by atoms with E-state index in [4.69, 9.17) is 17.4 Å². The Morgan fingerprint density at radius 3 is 2.13 bits per heavy atom. The van der Waals surface area contributed by atoms with Gasteiger partial charge in [0.05, 0.1) is 11.4 Å². The molecule has 1 aromatic heterocycles. The number of anilines is 1. The van der Waals surface area contributed by atoms with E-state index in [1.54, 1.807) is 36.7 Å². The second kappa shape index (κ2) is 12.4.